The number of fused-ring (bicyclic) bond motifs is 1. The molecule has 1 saturated carbocycles. The van der Waals surface area contributed by atoms with Gasteiger partial charge in [0.15, 0.2) is 0 Å². The van der Waals surface area contributed by atoms with Gasteiger partial charge in [0, 0.05) is 23.7 Å². The van der Waals surface area contributed by atoms with Crippen molar-refractivity contribution in [1.29, 1.82) is 0 Å². The second-order valence-corrected chi connectivity index (χ2v) is 8.31. The van der Waals surface area contributed by atoms with Crippen LogP contribution in [0.4, 0.5) is 0 Å². The fourth-order valence-electron chi connectivity index (χ4n) is 3.70. The third-order valence-electron chi connectivity index (χ3n) is 5.26. The van der Waals surface area contributed by atoms with E-state index in [2.05, 4.69) is 10.4 Å². The van der Waals surface area contributed by atoms with Crippen LogP contribution in [0.3, 0.4) is 0 Å². The van der Waals surface area contributed by atoms with E-state index >= 15 is 0 Å². The normalized spacial score (nSPS) is 19.6. The van der Waals surface area contributed by atoms with Crippen LogP contribution in [0.5, 0.6) is 0 Å². The maximum absolute atomic E-state index is 13.2. The van der Waals surface area contributed by atoms with Gasteiger partial charge in [-0.05, 0) is 49.9 Å². The molecule has 2 fully saturated rings. The van der Waals surface area contributed by atoms with E-state index in [1.165, 1.54) is 11.3 Å². The van der Waals surface area contributed by atoms with Gasteiger partial charge in [0.25, 0.3) is 11.8 Å². The fourth-order valence-corrected chi connectivity index (χ4v) is 4.76. The summed E-state index contributed by atoms with van der Waals surface area (Å²) in [6.45, 7) is 0.731. The van der Waals surface area contributed by atoms with Crippen LogP contribution < -0.4 is 5.32 Å². The lowest BCUT2D eigenvalue weighted by molar-refractivity contribution is 0.0739. The molecule has 1 aliphatic carbocycles. The van der Waals surface area contributed by atoms with Crippen LogP contribution in [0.25, 0.3) is 5.52 Å². The van der Waals surface area contributed by atoms with Crippen molar-refractivity contribution in [2.75, 3.05) is 6.54 Å². The van der Waals surface area contributed by atoms with Crippen molar-refractivity contribution in [1.82, 2.24) is 19.8 Å². The Labute approximate surface area is 160 Å². The molecule has 6 nitrogen and oxygen atoms in total. The average Bonchev–Trinajstić information content (AvgIpc) is 3.12. The highest BCUT2D eigenvalue weighted by Crippen LogP contribution is 2.37. The zero-order chi connectivity index (χ0) is 18.4. The van der Waals surface area contributed by atoms with E-state index in [0.717, 1.165) is 47.5 Å². The summed E-state index contributed by atoms with van der Waals surface area (Å²) >= 11 is 1.50. The van der Waals surface area contributed by atoms with E-state index in [0.29, 0.717) is 11.6 Å². The molecule has 1 aliphatic heterocycles. The van der Waals surface area contributed by atoms with Crippen LogP contribution in [0.2, 0.25) is 0 Å². The minimum absolute atomic E-state index is 0.00671. The summed E-state index contributed by atoms with van der Waals surface area (Å²) in [6, 6.07) is 9.99. The highest BCUT2D eigenvalue weighted by Gasteiger charge is 2.33. The molecule has 1 N–H and O–H groups in total. The second kappa shape index (κ2) is 6.49. The Kier molecular flexibility index (Phi) is 3.97. The topological polar surface area (TPSA) is 66.7 Å². The molecule has 2 aliphatic rings. The second-order valence-electron chi connectivity index (χ2n) is 7.20. The van der Waals surface area contributed by atoms with Crippen LogP contribution in [0.1, 0.15) is 56.6 Å². The number of aromatic nitrogens is 2. The molecule has 0 radical (unpaired) electrons. The van der Waals surface area contributed by atoms with Crippen LogP contribution >= 0.6 is 11.3 Å². The highest BCUT2D eigenvalue weighted by atomic mass is 32.1. The van der Waals surface area contributed by atoms with Crippen molar-refractivity contribution < 1.29 is 9.59 Å². The lowest BCUT2D eigenvalue weighted by Crippen LogP contribution is -2.30. The van der Waals surface area contributed by atoms with Gasteiger partial charge < -0.3 is 10.2 Å². The molecule has 3 aromatic rings. The lowest BCUT2D eigenvalue weighted by Gasteiger charge is -2.23. The largest absolute Gasteiger partial charge is 0.349 e. The van der Waals surface area contributed by atoms with Gasteiger partial charge >= 0.3 is 0 Å². The third kappa shape index (κ3) is 3.02. The quantitative estimate of drug-likeness (QED) is 0.755. The summed E-state index contributed by atoms with van der Waals surface area (Å²) in [5, 5.41) is 7.32. The lowest BCUT2D eigenvalue weighted by atomic mass is 10.1. The molecule has 27 heavy (non-hydrogen) atoms. The Bertz CT molecular complexity index is 1020. The molecule has 1 atom stereocenters. The molecular weight excluding hydrogens is 360 g/mol. The number of hydrogen-bond acceptors (Lipinski definition) is 4. The molecule has 0 unspecified atom stereocenters. The Hall–Kier alpha value is -2.67. The summed E-state index contributed by atoms with van der Waals surface area (Å²) in [5.74, 6) is 0.0170. The van der Waals surface area contributed by atoms with Crippen molar-refractivity contribution in [3.8, 4) is 0 Å². The summed E-state index contributed by atoms with van der Waals surface area (Å²) < 4.78 is 1.73. The van der Waals surface area contributed by atoms with Gasteiger partial charge in [-0.3, -0.25) is 9.59 Å². The minimum atomic E-state index is 0.00671. The molecule has 7 heteroatoms. The maximum Gasteiger partial charge on any atom is 0.261 e. The SMILES string of the molecule is O=C(NC1CC1)c1ccc([C@H]2CCCN2C(=O)c2cnn3ccccc23)s1. The standard InChI is InChI=1S/C20H20N4O2S/c25-19(22-13-6-7-13)18-9-8-17(27-18)16-5-3-10-23(16)20(26)14-12-21-24-11-2-1-4-15(14)24/h1-2,4,8-9,11-13,16H,3,5-7,10H2,(H,22,25)/t16-/m1/s1. The van der Waals surface area contributed by atoms with Crippen LogP contribution in [-0.4, -0.2) is 38.9 Å². The summed E-state index contributed by atoms with van der Waals surface area (Å²) in [6.07, 6.45) is 7.54. The molecule has 138 valence electrons. The number of thiophene rings is 1. The number of nitrogens with zero attached hydrogens (tertiary/aromatic N) is 3. The van der Waals surface area contributed by atoms with E-state index in [4.69, 9.17) is 0 Å². The molecule has 2 amide bonds. The number of rotatable bonds is 4. The summed E-state index contributed by atoms with van der Waals surface area (Å²) in [5.41, 5.74) is 1.45. The monoisotopic (exact) mass is 380 g/mol. The zero-order valence-electron chi connectivity index (χ0n) is 14.8. The number of pyridine rings is 1. The van der Waals surface area contributed by atoms with Gasteiger partial charge in [-0.25, -0.2) is 4.52 Å². The summed E-state index contributed by atoms with van der Waals surface area (Å²) in [7, 11) is 0. The van der Waals surface area contributed by atoms with Crippen LogP contribution in [0.15, 0.2) is 42.7 Å². The number of carbonyl (C=O) groups excluding carboxylic acids is 2. The van der Waals surface area contributed by atoms with Crippen molar-refractivity contribution in [3.05, 3.63) is 58.0 Å². The van der Waals surface area contributed by atoms with Gasteiger partial charge in [0.05, 0.1) is 28.2 Å². The molecule has 1 saturated heterocycles. The van der Waals surface area contributed by atoms with Gasteiger partial charge in [0.1, 0.15) is 0 Å². The predicted molar refractivity (Wildman–Crippen MR) is 103 cm³/mol. The number of hydrogen-bond donors (Lipinski definition) is 1. The van der Waals surface area contributed by atoms with Crippen LogP contribution in [0, 0.1) is 0 Å². The molecule has 4 heterocycles. The van der Waals surface area contributed by atoms with Crippen molar-refractivity contribution in [2.24, 2.45) is 0 Å². The Morgan fingerprint density at radius 1 is 1.15 bits per heavy atom. The smallest absolute Gasteiger partial charge is 0.261 e. The molecular formula is C20H20N4O2S. The first-order valence-corrected chi connectivity index (χ1v) is 10.2. The summed E-state index contributed by atoms with van der Waals surface area (Å²) in [4.78, 5) is 29.2. The maximum atomic E-state index is 13.2. The molecule has 0 aromatic carbocycles. The molecule has 0 bridgehead atoms. The van der Waals surface area contributed by atoms with E-state index in [1.807, 2.05) is 41.4 Å². The van der Waals surface area contributed by atoms with Crippen LogP contribution in [-0.2, 0) is 0 Å². The van der Waals surface area contributed by atoms with Gasteiger partial charge in [0.2, 0.25) is 0 Å². The zero-order valence-corrected chi connectivity index (χ0v) is 15.6. The van der Waals surface area contributed by atoms with Gasteiger partial charge in [-0.1, -0.05) is 6.07 Å². The first-order valence-electron chi connectivity index (χ1n) is 9.34. The molecule has 0 spiro atoms. The minimum Gasteiger partial charge on any atom is -0.349 e. The van der Waals surface area contributed by atoms with Gasteiger partial charge in [-0.2, -0.15) is 5.10 Å². The number of amides is 2. The molecule has 5 rings (SSSR count). The number of carbonyl (C=O) groups is 2. The van der Waals surface area contributed by atoms with Crippen molar-refractivity contribution in [3.63, 3.8) is 0 Å². The van der Waals surface area contributed by atoms with Crippen molar-refractivity contribution in [2.45, 2.75) is 37.8 Å². The molecule has 3 aromatic heterocycles. The van der Waals surface area contributed by atoms with Gasteiger partial charge in [-0.15, -0.1) is 11.3 Å². The number of likely N-dealkylation sites (tertiary alicyclic amines) is 1. The van der Waals surface area contributed by atoms with E-state index in [1.54, 1.807) is 10.7 Å². The highest BCUT2D eigenvalue weighted by molar-refractivity contribution is 7.14. The number of nitrogens with one attached hydrogen (secondary N) is 1. The van der Waals surface area contributed by atoms with E-state index < -0.39 is 0 Å². The Balaban J connectivity index is 1.39. The Morgan fingerprint density at radius 2 is 2.04 bits per heavy atom. The van der Waals surface area contributed by atoms with E-state index in [-0.39, 0.29) is 17.9 Å². The predicted octanol–water partition coefficient (Wildman–Crippen LogP) is 3.27. The van der Waals surface area contributed by atoms with Crippen molar-refractivity contribution >= 4 is 28.7 Å². The third-order valence-corrected chi connectivity index (χ3v) is 6.45. The fraction of sp³-hybridized carbons (Fsp3) is 0.350. The first-order chi connectivity index (χ1) is 13.2. The Morgan fingerprint density at radius 3 is 2.89 bits per heavy atom. The first kappa shape index (κ1) is 16.5. The van der Waals surface area contributed by atoms with E-state index in [9.17, 15) is 9.59 Å². The average molecular weight is 380 g/mol.